The van der Waals surface area contributed by atoms with Crippen molar-refractivity contribution in [2.75, 3.05) is 0 Å². The zero-order valence-corrected chi connectivity index (χ0v) is 51.0. The minimum absolute atomic E-state index is 0.633. The molecule has 8 fully saturated rings. The highest BCUT2D eigenvalue weighted by atomic mass is 14.8. The van der Waals surface area contributed by atoms with Crippen molar-refractivity contribution >= 4 is 46.4 Å². The van der Waals surface area contributed by atoms with Gasteiger partial charge in [-0.1, -0.05) is 24.3 Å². The molecule has 4 heteroatoms. The number of hydrogen-bond acceptors (Lipinski definition) is 2. The van der Waals surface area contributed by atoms with E-state index in [1.807, 2.05) is 0 Å². The molecule has 3 aromatic heterocycles. The van der Waals surface area contributed by atoms with Gasteiger partial charge in [0.2, 0.25) is 0 Å². The maximum atomic E-state index is 6.39. The summed E-state index contributed by atoms with van der Waals surface area (Å²) in [5.74, 6) is 10.6. The first-order chi connectivity index (χ1) is 43.5. The van der Waals surface area contributed by atoms with Gasteiger partial charge in [-0.15, -0.1) is 0 Å². The lowest BCUT2D eigenvalue weighted by Gasteiger charge is -2.28. The molecular formula is C84H78N4. The van der Waals surface area contributed by atoms with E-state index in [1.165, 1.54) is 221 Å². The molecule has 0 saturated heterocycles. The average Bonchev–Trinajstić information content (AvgIpc) is 1.59. The predicted molar refractivity (Wildman–Crippen MR) is 355 cm³/mol. The van der Waals surface area contributed by atoms with Crippen LogP contribution in [0.15, 0.2) is 48.5 Å². The third-order valence-electron chi connectivity index (χ3n) is 29.9. The Bertz CT molecular complexity index is 4030. The molecule has 4 aromatic carbocycles. The van der Waals surface area contributed by atoms with E-state index in [0.717, 1.165) is 0 Å². The molecule has 2 aliphatic heterocycles. The highest BCUT2D eigenvalue weighted by Crippen LogP contribution is 2.69. The number of nitrogens with one attached hydrogen (secondary N) is 2. The molecule has 8 saturated carbocycles. The molecule has 24 bridgehead atoms. The Balaban J connectivity index is 0.871. The number of nitrogens with zero attached hydrogens (tertiary/aromatic N) is 2. The molecule has 0 amide bonds. The van der Waals surface area contributed by atoms with E-state index in [9.17, 15) is 0 Å². The minimum atomic E-state index is 0.633. The van der Waals surface area contributed by atoms with Gasteiger partial charge in [0.05, 0.1) is 22.8 Å². The Morgan fingerprint density at radius 3 is 0.568 bits per heavy atom. The SMILES string of the molecule is C1=Cc2nc1c(-c1c3c(cc4c1C1CCC4C1)C1CCC3C1)c1ccc([nH]1)c(-c1c3c(cc4c1C1CCC4C1)C1CCC3C1)c1nc(c(-c3c4c(cc5c3C3CCC5C3)C3CCC4C3)c3ccc([nH]3)c2-c2c3c(cc4c2C2CCC4C2)C2CCC3C2)C=C1. The van der Waals surface area contributed by atoms with Gasteiger partial charge in [-0.05, 0) is 409 Å². The van der Waals surface area contributed by atoms with Gasteiger partial charge < -0.3 is 9.97 Å². The Labute approximate surface area is 517 Å². The van der Waals surface area contributed by atoms with E-state index < -0.39 is 0 Å². The molecule has 18 aliphatic rings. The van der Waals surface area contributed by atoms with Crippen LogP contribution in [0.4, 0.5) is 0 Å². The van der Waals surface area contributed by atoms with Crippen molar-refractivity contribution in [1.29, 1.82) is 0 Å². The number of rotatable bonds is 4. The lowest BCUT2D eigenvalue weighted by Crippen LogP contribution is -2.10. The van der Waals surface area contributed by atoms with Crippen LogP contribution >= 0.6 is 0 Å². The van der Waals surface area contributed by atoms with Gasteiger partial charge in [0.1, 0.15) is 0 Å². The van der Waals surface area contributed by atoms with E-state index in [2.05, 4.69) is 82.8 Å². The lowest BCUT2D eigenvalue weighted by atomic mass is 9.77. The van der Waals surface area contributed by atoms with Crippen molar-refractivity contribution in [2.45, 2.75) is 249 Å². The summed E-state index contributed by atoms with van der Waals surface area (Å²) in [6.45, 7) is 0. The summed E-state index contributed by atoms with van der Waals surface area (Å²) in [4.78, 5) is 21.9. The average molecular weight is 1140 g/mol. The van der Waals surface area contributed by atoms with Gasteiger partial charge in [0.15, 0.2) is 0 Å². The molecule has 25 rings (SSSR count). The fourth-order valence-electron chi connectivity index (χ4n) is 26.8. The van der Waals surface area contributed by atoms with Crippen molar-refractivity contribution in [3.8, 4) is 44.5 Å². The number of hydrogen-bond donors (Lipinski definition) is 2. The molecule has 7 aromatic rings. The molecule has 4 nitrogen and oxygen atoms in total. The topological polar surface area (TPSA) is 57.4 Å². The van der Waals surface area contributed by atoms with Crippen molar-refractivity contribution < 1.29 is 0 Å². The molecule has 16 aliphatic carbocycles. The number of H-pyrrole nitrogens is 2. The monoisotopic (exact) mass is 1140 g/mol. The first kappa shape index (κ1) is 47.4. The maximum Gasteiger partial charge on any atom is 0.0737 e. The summed E-state index contributed by atoms with van der Waals surface area (Å²) in [5.41, 5.74) is 49.4. The molecule has 0 spiro atoms. The third-order valence-corrected chi connectivity index (χ3v) is 29.9. The number of benzene rings is 4. The second-order valence-corrected chi connectivity index (χ2v) is 33.2. The van der Waals surface area contributed by atoms with Crippen molar-refractivity contribution in [3.05, 3.63) is 160 Å². The summed E-state index contributed by atoms with van der Waals surface area (Å²) >= 11 is 0. The smallest absolute Gasteiger partial charge is 0.0737 e. The summed E-state index contributed by atoms with van der Waals surface area (Å²) < 4.78 is 0. The lowest BCUT2D eigenvalue weighted by molar-refractivity contribution is 0.692. The van der Waals surface area contributed by atoms with Crippen LogP contribution in [-0.4, -0.2) is 19.9 Å². The predicted octanol–water partition coefficient (Wildman–Crippen LogP) is 22.2. The van der Waals surface area contributed by atoms with Gasteiger partial charge in [-0.25, -0.2) is 9.97 Å². The van der Waals surface area contributed by atoms with Gasteiger partial charge >= 0.3 is 0 Å². The Hall–Kier alpha value is -6.52. The number of aromatic amines is 2. The van der Waals surface area contributed by atoms with Crippen LogP contribution in [0, 0.1) is 0 Å². The summed E-state index contributed by atoms with van der Waals surface area (Å²) in [7, 11) is 0. The minimum Gasteiger partial charge on any atom is -0.354 e. The summed E-state index contributed by atoms with van der Waals surface area (Å²) in [6, 6.07) is 21.5. The Morgan fingerprint density at radius 1 is 0.216 bits per heavy atom. The molecule has 88 heavy (non-hydrogen) atoms. The van der Waals surface area contributed by atoms with Crippen molar-refractivity contribution in [1.82, 2.24) is 19.9 Å². The normalized spacial score (nSPS) is 34.5. The molecule has 16 unspecified atom stereocenters. The molecule has 0 radical (unpaired) electrons. The van der Waals surface area contributed by atoms with Gasteiger partial charge in [-0.2, -0.15) is 0 Å². The first-order valence-corrected chi connectivity index (χ1v) is 36.5. The number of aromatic nitrogens is 4. The van der Waals surface area contributed by atoms with Gasteiger partial charge in [0.25, 0.3) is 0 Å². The van der Waals surface area contributed by atoms with E-state index in [4.69, 9.17) is 9.97 Å². The van der Waals surface area contributed by atoms with E-state index in [0.29, 0.717) is 94.7 Å². The molecule has 434 valence electrons. The molecular weight excluding hydrogens is 1060 g/mol. The maximum absolute atomic E-state index is 6.39. The van der Waals surface area contributed by atoms with Crippen LogP contribution in [0.1, 0.15) is 361 Å². The fourth-order valence-corrected chi connectivity index (χ4v) is 26.8. The van der Waals surface area contributed by atoms with E-state index in [-0.39, 0.29) is 0 Å². The summed E-state index contributed by atoms with van der Waals surface area (Å²) in [5, 5.41) is 0. The van der Waals surface area contributed by atoms with Crippen LogP contribution in [0.25, 0.3) is 90.9 Å². The molecule has 2 N–H and O–H groups in total. The van der Waals surface area contributed by atoms with Crippen molar-refractivity contribution in [2.24, 2.45) is 0 Å². The van der Waals surface area contributed by atoms with Gasteiger partial charge in [0, 0.05) is 44.3 Å². The second-order valence-electron chi connectivity index (χ2n) is 33.2. The Kier molecular flexibility index (Phi) is 8.70. The van der Waals surface area contributed by atoms with Crippen LogP contribution in [0.3, 0.4) is 0 Å². The quantitative estimate of drug-likeness (QED) is 0.184. The standard InChI is InChI=1S/C84H78N4/c1-9-45-25-37(1)53-33-54-38-2-10-46(26-38)70(54)81(69(45)53)77-61-17-19-63(85-61)78(82-71-47-11-3-39(27-47)55(71)34-56-40-4-12-48(28-40)72(56)82)65-21-23-67(87-65)80(84-75-51-15-7-43(31-51)59(75)36-60-44-8-16-52(32-44)76(60)84)68-24-22-66(88-68)79(64-20-18-62(77)86-64)83-73-49-13-5-41(29-49)57(73)35-58-42-6-14-50(30-42)74(58)83/h17-24,33-52,85,88H,1-16,25-32H2. The zero-order valence-electron chi connectivity index (χ0n) is 51.0. The van der Waals surface area contributed by atoms with Crippen LogP contribution < -0.4 is 0 Å². The van der Waals surface area contributed by atoms with Crippen LogP contribution in [0.5, 0.6) is 0 Å². The van der Waals surface area contributed by atoms with E-state index in [1.54, 1.807) is 111 Å². The van der Waals surface area contributed by atoms with Crippen LogP contribution in [0.2, 0.25) is 0 Å². The fraction of sp³-hybridized carbons (Fsp3) is 0.476. The highest BCUT2D eigenvalue weighted by Gasteiger charge is 2.52. The summed E-state index contributed by atoms with van der Waals surface area (Å²) in [6.07, 6.45) is 42.3. The highest BCUT2D eigenvalue weighted by molar-refractivity contribution is 6.04. The number of fused-ring (bicyclic) bond motifs is 48. The zero-order chi connectivity index (χ0) is 56.0. The van der Waals surface area contributed by atoms with E-state index >= 15 is 0 Å². The Morgan fingerprint density at radius 2 is 0.386 bits per heavy atom. The third kappa shape index (κ3) is 5.68. The second kappa shape index (κ2) is 16.1. The first-order valence-electron chi connectivity index (χ1n) is 36.5. The van der Waals surface area contributed by atoms with Crippen LogP contribution in [-0.2, 0) is 0 Å². The van der Waals surface area contributed by atoms with Gasteiger partial charge in [-0.3, -0.25) is 0 Å². The largest absolute Gasteiger partial charge is 0.354 e. The molecule has 16 atom stereocenters. The molecule has 5 heterocycles. The van der Waals surface area contributed by atoms with Crippen molar-refractivity contribution in [3.63, 3.8) is 0 Å².